The lowest BCUT2D eigenvalue weighted by Crippen LogP contribution is -2.60. The molecular formula is C15H4F14N2. The number of hydrogen-bond acceptors (Lipinski definition) is 2. The molecular weight excluding hydrogens is 474 g/mol. The monoisotopic (exact) mass is 478 g/mol. The fraction of sp³-hybridized carbons (Fsp3) is 0.333. The lowest BCUT2D eigenvalue weighted by Gasteiger charge is -2.32. The number of alkyl halides is 12. The number of fused-ring (bicyclic) bond motifs is 1. The summed E-state index contributed by atoms with van der Waals surface area (Å²) in [6, 6.07) is 2.89. The lowest BCUT2D eigenvalue weighted by molar-refractivity contribution is -0.312. The summed E-state index contributed by atoms with van der Waals surface area (Å²) < 4.78 is 186. The number of nitrogens with zero attached hydrogens (tertiary/aromatic N) is 2. The molecule has 0 unspecified atom stereocenters. The molecule has 1 aliphatic heterocycles. The number of rotatable bonds is 2. The van der Waals surface area contributed by atoms with Gasteiger partial charge in [0.05, 0.1) is 16.9 Å². The topological polar surface area (TPSA) is 24.7 Å². The van der Waals surface area contributed by atoms with Crippen LogP contribution in [0.5, 0.6) is 0 Å². The zero-order valence-electron chi connectivity index (χ0n) is 14.0. The second-order valence-corrected chi connectivity index (χ2v) is 5.77. The van der Waals surface area contributed by atoms with Crippen molar-refractivity contribution in [2.75, 3.05) is 0 Å². The summed E-state index contributed by atoms with van der Waals surface area (Å²) in [5.41, 5.74) is -15.9. The van der Waals surface area contributed by atoms with Crippen LogP contribution < -0.4 is 0 Å². The predicted octanol–water partition coefficient (Wildman–Crippen LogP) is 7.03. The Morgan fingerprint density at radius 2 is 1.06 bits per heavy atom. The van der Waals surface area contributed by atoms with Gasteiger partial charge in [-0.2, -0.15) is 52.7 Å². The average Bonchev–Trinajstić information content (AvgIpc) is 2.73. The summed E-state index contributed by atoms with van der Waals surface area (Å²) in [4.78, 5) is 5.04. The normalized spacial score (nSPS) is 18.1. The molecule has 1 aliphatic rings. The molecule has 31 heavy (non-hydrogen) atoms. The van der Waals surface area contributed by atoms with Crippen molar-refractivity contribution in [1.29, 1.82) is 0 Å². The third-order valence-corrected chi connectivity index (χ3v) is 3.73. The smallest absolute Gasteiger partial charge is 0.246 e. The van der Waals surface area contributed by atoms with Gasteiger partial charge in [0.1, 0.15) is 5.71 Å². The average molecular weight is 478 g/mol. The first kappa shape index (κ1) is 24.6. The van der Waals surface area contributed by atoms with Crippen LogP contribution in [0.25, 0.3) is 0 Å². The van der Waals surface area contributed by atoms with Gasteiger partial charge in [-0.3, -0.25) is 0 Å². The van der Waals surface area contributed by atoms with Crippen LogP contribution in [0.4, 0.5) is 72.8 Å². The molecule has 16 heteroatoms. The van der Waals surface area contributed by atoms with E-state index in [4.69, 9.17) is 0 Å². The molecule has 1 aromatic carbocycles. The van der Waals surface area contributed by atoms with Crippen LogP contribution in [0, 0.1) is 0 Å². The van der Waals surface area contributed by atoms with Crippen LogP contribution >= 0.6 is 0 Å². The van der Waals surface area contributed by atoms with Gasteiger partial charge in [-0.05, 0) is 12.1 Å². The summed E-state index contributed by atoms with van der Waals surface area (Å²) in [6.45, 7) is 0. The van der Waals surface area contributed by atoms with Gasteiger partial charge in [0.25, 0.3) is 0 Å². The Morgan fingerprint density at radius 1 is 0.645 bits per heavy atom. The van der Waals surface area contributed by atoms with Crippen molar-refractivity contribution in [3.8, 4) is 0 Å². The molecule has 0 amide bonds. The second kappa shape index (κ2) is 7.19. The Bertz CT molecular complexity index is 947. The van der Waals surface area contributed by atoms with Crippen LogP contribution in [0.1, 0.15) is 0 Å². The summed E-state index contributed by atoms with van der Waals surface area (Å²) in [7, 11) is 0. The van der Waals surface area contributed by atoms with E-state index >= 15 is 0 Å². The highest BCUT2D eigenvalue weighted by Crippen LogP contribution is 2.52. The molecule has 2 nitrogen and oxygen atoms in total. The van der Waals surface area contributed by atoms with E-state index in [-0.39, 0.29) is 0 Å². The van der Waals surface area contributed by atoms with Crippen LogP contribution in [0.3, 0.4) is 0 Å². The van der Waals surface area contributed by atoms with Crippen molar-refractivity contribution >= 4 is 23.1 Å². The molecule has 0 fully saturated rings. The molecule has 0 saturated carbocycles. The first-order chi connectivity index (χ1) is 13.8. The SMILES string of the molecule is FC1=Nc2ccccc2N=C(C(F)(C(F)(F)F)C(F)(F)F)/C1=C(\F)C(F)(F)C(F)(F)F. The molecule has 0 aromatic heterocycles. The van der Waals surface area contributed by atoms with E-state index in [1.54, 1.807) is 0 Å². The van der Waals surface area contributed by atoms with Crippen molar-refractivity contribution in [3.05, 3.63) is 35.7 Å². The molecule has 0 N–H and O–H groups in total. The van der Waals surface area contributed by atoms with Gasteiger partial charge in [0.15, 0.2) is 5.83 Å². The number of allylic oxidation sites excluding steroid dienone is 2. The van der Waals surface area contributed by atoms with E-state index in [0.717, 1.165) is 12.1 Å². The summed E-state index contributed by atoms with van der Waals surface area (Å²) in [6.07, 6.45) is -21.3. The minimum absolute atomic E-state index is 0.502. The molecule has 172 valence electrons. The maximum atomic E-state index is 14.5. The molecule has 0 bridgehead atoms. The molecule has 0 aliphatic carbocycles. The highest BCUT2D eigenvalue weighted by Gasteiger charge is 2.77. The number of aliphatic imine (C=N–C) groups is 2. The molecule has 0 radical (unpaired) electrons. The first-order valence-corrected chi connectivity index (χ1v) is 7.37. The fourth-order valence-electron chi connectivity index (χ4n) is 2.24. The maximum absolute atomic E-state index is 14.5. The van der Waals surface area contributed by atoms with E-state index in [1.807, 2.05) is 0 Å². The number of benzene rings is 1. The molecule has 1 heterocycles. The second-order valence-electron chi connectivity index (χ2n) is 5.77. The lowest BCUT2D eigenvalue weighted by atomic mass is 9.90. The van der Waals surface area contributed by atoms with Gasteiger partial charge in [0.2, 0.25) is 5.97 Å². The molecule has 0 spiro atoms. The summed E-state index contributed by atoms with van der Waals surface area (Å²) in [5, 5.41) is 0. The van der Waals surface area contributed by atoms with E-state index in [1.165, 1.54) is 0 Å². The van der Waals surface area contributed by atoms with E-state index in [9.17, 15) is 61.5 Å². The quantitative estimate of drug-likeness (QED) is 0.408. The van der Waals surface area contributed by atoms with Gasteiger partial charge in [-0.15, -0.1) is 0 Å². The number of hydrogen-bond donors (Lipinski definition) is 0. The maximum Gasteiger partial charge on any atom is 0.460 e. The van der Waals surface area contributed by atoms with E-state index < -0.39 is 64.6 Å². The van der Waals surface area contributed by atoms with Crippen molar-refractivity contribution in [3.63, 3.8) is 0 Å². The standard InChI is InChI=1S/C15H4F14N2/c16-8(12(19,20)15(27,28)29)7-9(11(18,13(21,22)23)14(24,25)26)30-5-3-1-2-4-6(5)31-10(7)17/h1-4H/b8-7+. The van der Waals surface area contributed by atoms with Crippen LogP contribution in [-0.2, 0) is 0 Å². The predicted molar refractivity (Wildman–Crippen MR) is 76.8 cm³/mol. The Kier molecular flexibility index (Phi) is 5.70. The van der Waals surface area contributed by atoms with Crippen LogP contribution in [-0.4, -0.2) is 41.8 Å². The van der Waals surface area contributed by atoms with E-state index in [0.29, 0.717) is 12.1 Å². The summed E-state index contributed by atoms with van der Waals surface area (Å²) in [5.74, 6) is -14.1. The molecule has 0 atom stereocenters. The van der Waals surface area contributed by atoms with Gasteiger partial charge < -0.3 is 0 Å². The van der Waals surface area contributed by atoms with E-state index in [2.05, 4.69) is 9.98 Å². The minimum Gasteiger partial charge on any atom is -0.246 e. The third-order valence-electron chi connectivity index (χ3n) is 3.73. The Labute approximate surface area is 161 Å². The first-order valence-electron chi connectivity index (χ1n) is 7.37. The van der Waals surface area contributed by atoms with Gasteiger partial charge in [-0.1, -0.05) is 12.1 Å². The molecule has 1 aromatic rings. The van der Waals surface area contributed by atoms with Gasteiger partial charge in [0, 0.05) is 0 Å². The minimum atomic E-state index is -7.15. The number of halogens is 14. The van der Waals surface area contributed by atoms with Crippen molar-refractivity contribution in [2.24, 2.45) is 9.98 Å². The van der Waals surface area contributed by atoms with Crippen molar-refractivity contribution in [2.45, 2.75) is 30.1 Å². The highest BCUT2D eigenvalue weighted by atomic mass is 19.4. The third kappa shape index (κ3) is 3.86. The highest BCUT2D eigenvalue weighted by molar-refractivity contribution is 6.27. The largest absolute Gasteiger partial charge is 0.460 e. The Hall–Kier alpha value is -2.68. The Morgan fingerprint density at radius 3 is 1.45 bits per heavy atom. The van der Waals surface area contributed by atoms with Gasteiger partial charge in [-0.25, -0.2) is 18.8 Å². The zero-order valence-corrected chi connectivity index (χ0v) is 14.0. The molecule has 0 saturated heterocycles. The number of para-hydroxylation sites is 2. The summed E-state index contributed by atoms with van der Waals surface area (Å²) >= 11 is 0. The van der Waals surface area contributed by atoms with Crippen LogP contribution in [0.2, 0.25) is 0 Å². The zero-order chi connectivity index (χ0) is 24.2. The molecule has 2 rings (SSSR count). The van der Waals surface area contributed by atoms with Gasteiger partial charge >= 0.3 is 30.1 Å². The van der Waals surface area contributed by atoms with Crippen molar-refractivity contribution in [1.82, 2.24) is 0 Å². The fourth-order valence-corrected chi connectivity index (χ4v) is 2.24. The van der Waals surface area contributed by atoms with Crippen molar-refractivity contribution < 1.29 is 61.5 Å². The Balaban J connectivity index is 3.10. The van der Waals surface area contributed by atoms with Crippen LogP contribution in [0.15, 0.2) is 45.7 Å².